The van der Waals surface area contributed by atoms with Gasteiger partial charge in [0.1, 0.15) is 18.3 Å². The van der Waals surface area contributed by atoms with Gasteiger partial charge in [-0.25, -0.2) is 10.5 Å². The van der Waals surface area contributed by atoms with E-state index < -0.39 is 13.9 Å². The van der Waals surface area contributed by atoms with Crippen LogP contribution in [0.4, 0.5) is 5.69 Å². The van der Waals surface area contributed by atoms with Gasteiger partial charge in [0, 0.05) is 88.8 Å². The first-order valence-corrected chi connectivity index (χ1v) is 28.9. The van der Waals surface area contributed by atoms with Crippen LogP contribution in [0.2, 0.25) is 0 Å². The van der Waals surface area contributed by atoms with Gasteiger partial charge in [-0.3, -0.25) is 9.59 Å². The lowest BCUT2D eigenvalue weighted by Crippen LogP contribution is -2.34. The molecule has 77 heavy (non-hydrogen) atoms. The number of fused-ring (bicyclic) bond motifs is 5. The van der Waals surface area contributed by atoms with E-state index in [1.54, 1.807) is 18.3 Å². The van der Waals surface area contributed by atoms with Crippen LogP contribution in [0.3, 0.4) is 0 Å². The number of carbonyl (C=O) groups excluding carboxylic acids is 4. The van der Waals surface area contributed by atoms with E-state index in [0.717, 1.165) is 90.9 Å². The molecule has 2 aromatic carbocycles. The van der Waals surface area contributed by atoms with E-state index in [1.165, 1.54) is 29.3 Å². The lowest BCUT2D eigenvalue weighted by atomic mass is 9.96. The average molecular weight is 1120 g/mol. The van der Waals surface area contributed by atoms with Crippen molar-refractivity contribution in [1.29, 1.82) is 0 Å². The van der Waals surface area contributed by atoms with E-state index in [9.17, 15) is 19.2 Å². The molecule has 2 amide bonds. The number of benzene rings is 2. The molecular formula is C54H90N9O12PS. The van der Waals surface area contributed by atoms with E-state index >= 15 is 0 Å². The molecule has 23 heteroatoms. The number of hydrazine groups is 1. The van der Waals surface area contributed by atoms with Gasteiger partial charge < -0.3 is 73.1 Å². The van der Waals surface area contributed by atoms with Gasteiger partial charge in [-0.05, 0) is 42.6 Å². The maximum absolute atomic E-state index is 12.2. The summed E-state index contributed by atoms with van der Waals surface area (Å²) in [5, 5.41) is 12.9. The fraction of sp³-hybridized carbons (Fsp3) is 0.630. The van der Waals surface area contributed by atoms with Crippen LogP contribution in [-0.2, 0) is 65.0 Å². The number of nitrogens with two attached hydrogens (primary N) is 2. The molecule has 2 atom stereocenters. The average Bonchev–Trinajstić information content (AvgIpc) is 3.84. The maximum Gasteiger partial charge on any atom is 0.329 e. The summed E-state index contributed by atoms with van der Waals surface area (Å²) in [5.41, 5.74) is 13.3. The fourth-order valence-corrected chi connectivity index (χ4v) is 8.88. The smallest absolute Gasteiger partial charge is 0.329 e. The second-order valence-corrected chi connectivity index (χ2v) is 20.4. The van der Waals surface area contributed by atoms with Crippen LogP contribution in [-0.4, -0.2) is 179 Å². The van der Waals surface area contributed by atoms with E-state index in [2.05, 4.69) is 88.4 Å². The van der Waals surface area contributed by atoms with Gasteiger partial charge in [0.05, 0.1) is 96.7 Å². The SMILES string of the molecule is CC.CC(C)C/C(N)=C/N(N)CCOCCOCCOCCOCCOCCn1nnc2c1-c1ccccc1CN(C)c1ccccc1-2.COP(O)OCCCCCCSC(C=O)CC(=O)N(C)CCC(=O)NCCC=O. The molecule has 3 aromatic rings. The number of anilines is 1. The minimum Gasteiger partial charge on any atom is -0.401 e. The largest absolute Gasteiger partial charge is 0.401 e. The van der Waals surface area contributed by atoms with Crippen LogP contribution >= 0.6 is 20.4 Å². The van der Waals surface area contributed by atoms with E-state index in [4.69, 9.17) is 44.7 Å². The lowest BCUT2D eigenvalue weighted by Gasteiger charge is -2.26. The molecule has 0 aliphatic carbocycles. The van der Waals surface area contributed by atoms with E-state index in [-0.39, 0.29) is 37.6 Å². The van der Waals surface area contributed by atoms with Crippen molar-refractivity contribution in [1.82, 2.24) is 30.2 Å². The predicted octanol–water partition coefficient (Wildman–Crippen LogP) is 6.37. The number of ether oxygens (including phenoxy) is 5. The van der Waals surface area contributed by atoms with Crippen LogP contribution < -0.4 is 21.8 Å². The summed E-state index contributed by atoms with van der Waals surface area (Å²) >= 11 is 1.46. The Bertz CT molecular complexity index is 2090. The Balaban J connectivity index is 0.000000566. The molecule has 0 fully saturated rings. The first-order valence-electron chi connectivity index (χ1n) is 26.7. The Morgan fingerprint density at radius 1 is 0.844 bits per heavy atom. The molecule has 21 nitrogen and oxygen atoms in total. The van der Waals surface area contributed by atoms with Crippen molar-refractivity contribution in [3.8, 4) is 22.5 Å². The molecule has 2 heterocycles. The monoisotopic (exact) mass is 1120 g/mol. The van der Waals surface area contributed by atoms with E-state index in [1.807, 2.05) is 24.6 Å². The minimum atomic E-state index is -1.76. The summed E-state index contributed by atoms with van der Waals surface area (Å²) in [7, 11) is 3.36. The molecule has 1 aliphatic heterocycles. The van der Waals surface area contributed by atoms with Gasteiger partial charge in [-0.2, -0.15) is 11.8 Å². The number of amides is 2. The molecule has 434 valence electrons. The van der Waals surface area contributed by atoms with Crippen molar-refractivity contribution in [3.05, 3.63) is 66.0 Å². The highest BCUT2D eigenvalue weighted by Crippen LogP contribution is 2.40. The summed E-state index contributed by atoms with van der Waals surface area (Å²) in [4.78, 5) is 58.1. The summed E-state index contributed by atoms with van der Waals surface area (Å²) in [6.45, 7) is 16.2. The Morgan fingerprint density at radius 3 is 2.09 bits per heavy atom. The Hall–Kier alpha value is -4.58. The first kappa shape index (κ1) is 68.5. The zero-order valence-corrected chi connectivity index (χ0v) is 48.5. The summed E-state index contributed by atoms with van der Waals surface area (Å²) < 4.78 is 39.8. The van der Waals surface area contributed by atoms with Gasteiger partial charge >= 0.3 is 8.60 Å². The third kappa shape index (κ3) is 29.8. The number of rotatable bonds is 40. The van der Waals surface area contributed by atoms with E-state index in [0.29, 0.717) is 98.2 Å². The Labute approximate surface area is 463 Å². The third-order valence-corrected chi connectivity index (χ3v) is 13.3. The number of aldehydes is 2. The number of nitrogens with zero attached hydrogens (tertiary/aromatic N) is 6. The molecule has 1 aromatic heterocycles. The van der Waals surface area contributed by atoms with Crippen LogP contribution in [0.1, 0.15) is 84.6 Å². The van der Waals surface area contributed by atoms with Crippen molar-refractivity contribution in [2.24, 2.45) is 17.5 Å². The molecule has 0 bridgehead atoms. The van der Waals surface area contributed by atoms with Gasteiger partial charge in [0.15, 0.2) is 0 Å². The van der Waals surface area contributed by atoms with Crippen molar-refractivity contribution in [2.45, 2.75) is 97.4 Å². The topological polar surface area (TPSA) is 258 Å². The van der Waals surface area contributed by atoms with Crippen LogP contribution in [0.5, 0.6) is 0 Å². The molecule has 0 spiro atoms. The van der Waals surface area contributed by atoms with Crippen molar-refractivity contribution in [2.75, 3.05) is 124 Å². The second kappa shape index (κ2) is 43.3. The van der Waals surface area contributed by atoms with Gasteiger partial charge in [-0.15, -0.1) is 5.10 Å². The Kier molecular flexibility index (Phi) is 38.6. The van der Waals surface area contributed by atoms with Crippen molar-refractivity contribution >= 4 is 50.4 Å². The Morgan fingerprint density at radius 2 is 1.45 bits per heavy atom. The molecule has 1 aliphatic rings. The van der Waals surface area contributed by atoms with Gasteiger partial charge in [0.2, 0.25) is 11.8 Å². The van der Waals surface area contributed by atoms with Gasteiger partial charge in [-0.1, -0.05) is 88.2 Å². The summed E-state index contributed by atoms with van der Waals surface area (Å²) in [6.07, 6.45) is 8.35. The first-order chi connectivity index (χ1) is 37.4. The number of para-hydroxylation sites is 1. The molecule has 0 saturated heterocycles. The van der Waals surface area contributed by atoms with Crippen molar-refractivity contribution in [3.63, 3.8) is 0 Å². The fourth-order valence-electron chi connectivity index (χ4n) is 7.47. The van der Waals surface area contributed by atoms with Crippen LogP contribution in [0.15, 0.2) is 60.4 Å². The highest BCUT2D eigenvalue weighted by Gasteiger charge is 2.25. The number of hydrogen-bond acceptors (Lipinski definition) is 19. The molecule has 4 rings (SSSR count). The normalized spacial score (nSPS) is 12.6. The van der Waals surface area contributed by atoms with Crippen LogP contribution in [0, 0.1) is 5.92 Å². The highest BCUT2D eigenvalue weighted by molar-refractivity contribution is 8.00. The molecule has 0 saturated carbocycles. The maximum atomic E-state index is 12.2. The predicted molar refractivity (Wildman–Crippen MR) is 305 cm³/mol. The number of unbranched alkanes of at least 4 members (excludes halogenated alkanes) is 3. The minimum absolute atomic E-state index is 0.113. The molecule has 0 radical (unpaired) electrons. The van der Waals surface area contributed by atoms with Gasteiger partial charge in [0.25, 0.3) is 0 Å². The number of thioether (sulfide) groups is 1. The summed E-state index contributed by atoms with van der Waals surface area (Å²) in [5.74, 6) is 6.81. The zero-order valence-electron chi connectivity index (χ0n) is 46.8. The second-order valence-electron chi connectivity index (χ2n) is 17.9. The van der Waals surface area contributed by atoms with Crippen molar-refractivity contribution < 1.29 is 56.8 Å². The lowest BCUT2D eigenvalue weighted by molar-refractivity contribution is -0.131. The summed E-state index contributed by atoms with van der Waals surface area (Å²) in [6, 6.07) is 16.8. The number of hydrogen-bond donors (Lipinski definition) is 4. The standard InChI is InChI=1S/C34H51N7O5.C18H33N2O7PS.C2H6/c1-27(2)24-29(35)26-40(36)12-14-42-16-18-44-20-22-46-23-21-45-19-17-43-15-13-41-34-30-9-5-4-8-28(30)25-39(3)32-11-7-6-10-31(32)33(34)37-38-41;1-20(10-8-17(23)19-9-7-11-21)18(24)14-16(15-22)29-13-6-4-3-5-12-27-28(25)26-2;1-2/h4-11,26-27H,12-25,35-36H2,1-3H3;11,15-16,25H,3-10,12-14H2,1-2H3,(H,19,23);1-2H3/b29-26-;;. The number of aromatic nitrogens is 3. The highest BCUT2D eigenvalue weighted by atomic mass is 32.2. The number of carbonyl (C=O) groups is 4. The molecule has 2 unspecified atom stereocenters. The zero-order chi connectivity index (χ0) is 56.5. The molecule has 6 N–H and O–H groups in total. The number of nitrogens with one attached hydrogen (secondary N) is 1. The third-order valence-electron chi connectivity index (χ3n) is 11.3. The molecular weight excluding hydrogens is 1030 g/mol. The number of allylic oxidation sites excluding steroid dienone is 1. The quantitative estimate of drug-likeness (QED) is 0.0159. The van der Waals surface area contributed by atoms with Crippen LogP contribution in [0.25, 0.3) is 22.5 Å².